The Morgan fingerprint density at radius 2 is 1.68 bits per heavy atom. The zero-order chi connectivity index (χ0) is 19.8. The van der Waals surface area contributed by atoms with Crippen LogP contribution >= 0.6 is 0 Å². The van der Waals surface area contributed by atoms with Gasteiger partial charge in [-0.3, -0.25) is 4.90 Å². The minimum atomic E-state index is -0.0496. The fraction of sp³-hybridized carbons (Fsp3) is 0.435. The van der Waals surface area contributed by atoms with Crippen LogP contribution < -0.4 is 15.5 Å². The molecule has 0 aliphatic carbocycles. The first-order chi connectivity index (χ1) is 13.6. The molecule has 0 saturated carbocycles. The van der Waals surface area contributed by atoms with Gasteiger partial charge in [0, 0.05) is 52.0 Å². The van der Waals surface area contributed by atoms with Gasteiger partial charge in [-0.05, 0) is 42.5 Å². The number of carbonyl (C=O) groups is 1. The van der Waals surface area contributed by atoms with Gasteiger partial charge in [0.05, 0.1) is 0 Å². The highest BCUT2D eigenvalue weighted by molar-refractivity contribution is 5.74. The molecule has 2 amide bonds. The maximum Gasteiger partial charge on any atom is 0.315 e. The van der Waals surface area contributed by atoms with Crippen LogP contribution in [0.1, 0.15) is 24.0 Å². The van der Waals surface area contributed by atoms with E-state index < -0.39 is 0 Å². The molecule has 1 aliphatic rings. The molecule has 1 heterocycles. The molecule has 0 spiro atoms. The van der Waals surface area contributed by atoms with Crippen molar-refractivity contribution < 1.29 is 4.79 Å². The number of anilines is 1. The number of nitrogens with zero attached hydrogens (tertiary/aromatic N) is 2. The van der Waals surface area contributed by atoms with Crippen molar-refractivity contribution in [1.29, 1.82) is 0 Å². The highest BCUT2D eigenvalue weighted by Gasteiger charge is 2.20. The zero-order valence-electron chi connectivity index (χ0n) is 17.0. The first-order valence-electron chi connectivity index (χ1n) is 10.2. The van der Waals surface area contributed by atoms with E-state index in [0.717, 1.165) is 38.9 Å². The number of nitrogens with one attached hydrogen (secondary N) is 2. The van der Waals surface area contributed by atoms with Crippen molar-refractivity contribution in [3.8, 4) is 0 Å². The van der Waals surface area contributed by atoms with Crippen LogP contribution in [0.4, 0.5) is 10.5 Å². The van der Waals surface area contributed by atoms with Gasteiger partial charge in [-0.2, -0.15) is 0 Å². The van der Waals surface area contributed by atoms with Crippen LogP contribution in [0.15, 0.2) is 54.6 Å². The fourth-order valence-corrected chi connectivity index (χ4v) is 3.59. The van der Waals surface area contributed by atoms with Crippen molar-refractivity contribution in [1.82, 2.24) is 15.5 Å². The monoisotopic (exact) mass is 380 g/mol. The third-order valence-electron chi connectivity index (χ3n) is 5.32. The van der Waals surface area contributed by atoms with E-state index in [1.54, 1.807) is 0 Å². The van der Waals surface area contributed by atoms with Crippen molar-refractivity contribution in [2.45, 2.75) is 31.8 Å². The molecule has 1 fully saturated rings. The molecule has 28 heavy (non-hydrogen) atoms. The number of likely N-dealkylation sites (tertiary alicyclic amines) is 1. The lowest BCUT2D eigenvalue weighted by atomic mass is 10.0. The summed E-state index contributed by atoms with van der Waals surface area (Å²) in [6, 6.07) is 19.3. The average molecular weight is 381 g/mol. The van der Waals surface area contributed by atoms with Gasteiger partial charge in [0.2, 0.25) is 0 Å². The van der Waals surface area contributed by atoms with Gasteiger partial charge in [0.25, 0.3) is 0 Å². The highest BCUT2D eigenvalue weighted by Crippen LogP contribution is 2.14. The Kier molecular flexibility index (Phi) is 7.31. The first-order valence-corrected chi connectivity index (χ1v) is 10.2. The molecule has 2 aromatic rings. The lowest BCUT2D eigenvalue weighted by Crippen LogP contribution is -2.48. The summed E-state index contributed by atoms with van der Waals surface area (Å²) >= 11 is 0. The second-order valence-corrected chi connectivity index (χ2v) is 7.75. The largest absolute Gasteiger partial charge is 0.378 e. The quantitative estimate of drug-likeness (QED) is 0.775. The number of amides is 2. The van der Waals surface area contributed by atoms with Gasteiger partial charge < -0.3 is 15.5 Å². The molecular formula is C23H32N4O. The van der Waals surface area contributed by atoms with Gasteiger partial charge in [0.1, 0.15) is 0 Å². The molecule has 0 radical (unpaired) electrons. The standard InChI is InChI=1S/C23H32N4O/c1-26(2)22-10-8-19(9-11-22)12-15-24-23(28)25-21-13-16-27(17-14-21)18-20-6-4-3-5-7-20/h3-11,21H,12-18H2,1-2H3,(H2,24,25,28). The van der Waals surface area contributed by atoms with Crippen LogP contribution in [0, 0.1) is 0 Å². The molecule has 1 aliphatic heterocycles. The molecule has 5 nitrogen and oxygen atoms in total. The summed E-state index contributed by atoms with van der Waals surface area (Å²) in [4.78, 5) is 16.7. The average Bonchev–Trinajstić information content (AvgIpc) is 2.71. The summed E-state index contributed by atoms with van der Waals surface area (Å²) in [5, 5.41) is 6.12. The fourth-order valence-electron chi connectivity index (χ4n) is 3.59. The summed E-state index contributed by atoms with van der Waals surface area (Å²) in [5.74, 6) is 0. The lowest BCUT2D eigenvalue weighted by Gasteiger charge is -2.32. The Balaban J connectivity index is 1.32. The van der Waals surface area contributed by atoms with E-state index in [1.807, 2.05) is 14.1 Å². The Morgan fingerprint density at radius 3 is 2.32 bits per heavy atom. The number of benzene rings is 2. The van der Waals surface area contributed by atoms with Gasteiger partial charge >= 0.3 is 6.03 Å². The Hall–Kier alpha value is -2.53. The molecule has 3 rings (SSSR count). The summed E-state index contributed by atoms with van der Waals surface area (Å²) in [6.45, 7) is 3.70. The minimum absolute atomic E-state index is 0.0496. The molecule has 0 bridgehead atoms. The topological polar surface area (TPSA) is 47.6 Å². The lowest BCUT2D eigenvalue weighted by molar-refractivity contribution is 0.186. The summed E-state index contributed by atoms with van der Waals surface area (Å²) in [6.07, 6.45) is 2.86. The Bertz CT molecular complexity index is 722. The number of rotatable bonds is 7. The first kappa shape index (κ1) is 20.2. The third kappa shape index (κ3) is 6.27. The smallest absolute Gasteiger partial charge is 0.315 e. The SMILES string of the molecule is CN(C)c1ccc(CCNC(=O)NC2CCN(Cc3ccccc3)CC2)cc1. The van der Waals surface area contributed by atoms with E-state index in [0.29, 0.717) is 6.54 Å². The Labute approximate surface area is 168 Å². The third-order valence-corrected chi connectivity index (χ3v) is 5.32. The van der Waals surface area contributed by atoms with Crippen molar-refractivity contribution in [2.75, 3.05) is 38.6 Å². The van der Waals surface area contributed by atoms with E-state index >= 15 is 0 Å². The number of urea groups is 1. The van der Waals surface area contributed by atoms with Gasteiger partial charge in [0.15, 0.2) is 0 Å². The van der Waals surface area contributed by atoms with Gasteiger partial charge in [-0.15, -0.1) is 0 Å². The highest BCUT2D eigenvalue weighted by atomic mass is 16.2. The van der Waals surface area contributed by atoms with Crippen molar-refractivity contribution in [3.63, 3.8) is 0 Å². The van der Waals surface area contributed by atoms with Gasteiger partial charge in [-0.1, -0.05) is 42.5 Å². The normalized spacial score (nSPS) is 15.2. The van der Waals surface area contributed by atoms with Gasteiger partial charge in [-0.25, -0.2) is 4.79 Å². The number of piperidine rings is 1. The van der Waals surface area contributed by atoms with E-state index in [-0.39, 0.29) is 12.1 Å². The second kappa shape index (κ2) is 10.1. The van der Waals surface area contributed by atoms with Crippen molar-refractivity contribution in [2.24, 2.45) is 0 Å². The van der Waals surface area contributed by atoms with Crippen LogP contribution in [0.5, 0.6) is 0 Å². The number of hydrogen-bond donors (Lipinski definition) is 2. The molecule has 2 aromatic carbocycles. The predicted molar refractivity (Wildman–Crippen MR) is 116 cm³/mol. The van der Waals surface area contributed by atoms with Crippen molar-refractivity contribution >= 4 is 11.7 Å². The van der Waals surface area contributed by atoms with Crippen LogP contribution in [0.2, 0.25) is 0 Å². The molecule has 150 valence electrons. The molecule has 0 unspecified atom stereocenters. The molecule has 5 heteroatoms. The van der Waals surface area contributed by atoms with Crippen LogP contribution in [-0.2, 0) is 13.0 Å². The zero-order valence-corrected chi connectivity index (χ0v) is 17.0. The predicted octanol–water partition coefficient (Wildman–Crippen LogP) is 3.26. The second-order valence-electron chi connectivity index (χ2n) is 7.75. The molecule has 1 saturated heterocycles. The Morgan fingerprint density at radius 1 is 1.00 bits per heavy atom. The van der Waals surface area contributed by atoms with Crippen LogP contribution in [0.25, 0.3) is 0 Å². The summed E-state index contributed by atoms with van der Waals surface area (Å²) < 4.78 is 0. The summed E-state index contributed by atoms with van der Waals surface area (Å²) in [7, 11) is 4.07. The number of carbonyl (C=O) groups excluding carboxylic acids is 1. The molecule has 0 aromatic heterocycles. The van der Waals surface area contributed by atoms with Crippen LogP contribution in [0.3, 0.4) is 0 Å². The van der Waals surface area contributed by atoms with Crippen molar-refractivity contribution in [3.05, 3.63) is 65.7 Å². The maximum atomic E-state index is 12.2. The van der Waals surface area contributed by atoms with Crippen LogP contribution in [-0.4, -0.2) is 50.7 Å². The maximum absolute atomic E-state index is 12.2. The van der Waals surface area contributed by atoms with E-state index in [9.17, 15) is 4.79 Å². The minimum Gasteiger partial charge on any atom is -0.378 e. The number of hydrogen-bond acceptors (Lipinski definition) is 3. The molecule has 0 atom stereocenters. The van der Waals surface area contributed by atoms with E-state index in [4.69, 9.17) is 0 Å². The summed E-state index contributed by atoms with van der Waals surface area (Å²) in [5.41, 5.74) is 3.78. The molecular weight excluding hydrogens is 348 g/mol. The molecule has 2 N–H and O–H groups in total. The van der Waals surface area contributed by atoms with E-state index in [1.165, 1.54) is 16.8 Å². The van der Waals surface area contributed by atoms with E-state index in [2.05, 4.69) is 75.0 Å².